The average Bonchev–Trinajstić information content (AvgIpc) is 2.59. The van der Waals surface area contributed by atoms with Crippen LogP contribution >= 0.6 is 0 Å². The van der Waals surface area contributed by atoms with E-state index >= 15 is 0 Å². The van der Waals surface area contributed by atoms with E-state index < -0.39 is 0 Å². The summed E-state index contributed by atoms with van der Waals surface area (Å²) in [7, 11) is 0. The molecule has 1 heterocycles. The Bertz CT molecular complexity index is 571. The van der Waals surface area contributed by atoms with Crippen molar-refractivity contribution in [2.75, 3.05) is 26.2 Å². The molecule has 2 aromatic carbocycles. The first kappa shape index (κ1) is 16.1. The van der Waals surface area contributed by atoms with Gasteiger partial charge in [-0.2, -0.15) is 0 Å². The molecule has 2 heteroatoms. The van der Waals surface area contributed by atoms with Gasteiger partial charge < -0.3 is 4.74 Å². The van der Waals surface area contributed by atoms with Crippen molar-refractivity contribution in [3.8, 4) is 5.75 Å². The number of piperidine rings is 1. The lowest BCUT2D eigenvalue weighted by Crippen LogP contribution is -2.35. The van der Waals surface area contributed by atoms with E-state index in [1.807, 2.05) is 0 Å². The van der Waals surface area contributed by atoms with Crippen LogP contribution in [0.3, 0.4) is 0 Å². The summed E-state index contributed by atoms with van der Waals surface area (Å²) in [5, 5.41) is 0. The molecule has 1 saturated heterocycles. The van der Waals surface area contributed by atoms with E-state index in [4.69, 9.17) is 4.74 Å². The molecule has 0 saturated carbocycles. The molecule has 122 valence electrons. The Hall–Kier alpha value is -1.80. The number of likely N-dealkylation sites (tertiary alicyclic amines) is 1. The van der Waals surface area contributed by atoms with Gasteiger partial charge in [0.25, 0.3) is 0 Å². The van der Waals surface area contributed by atoms with E-state index in [1.54, 1.807) is 0 Å². The van der Waals surface area contributed by atoms with Gasteiger partial charge in [0.15, 0.2) is 0 Å². The predicted molar refractivity (Wildman–Crippen MR) is 96.0 cm³/mol. The largest absolute Gasteiger partial charge is 0.492 e. The van der Waals surface area contributed by atoms with Gasteiger partial charge in [-0.3, -0.25) is 4.90 Å². The second kappa shape index (κ2) is 8.16. The number of nitrogens with zero attached hydrogens (tertiary/aromatic N) is 1. The smallest absolute Gasteiger partial charge is 0.119 e. The van der Waals surface area contributed by atoms with Gasteiger partial charge in [0, 0.05) is 6.54 Å². The molecule has 0 atom stereocenters. The topological polar surface area (TPSA) is 12.5 Å². The molecular weight excluding hydrogens is 282 g/mol. The first-order valence-corrected chi connectivity index (χ1v) is 8.77. The van der Waals surface area contributed by atoms with Gasteiger partial charge >= 0.3 is 0 Å². The average molecular weight is 309 g/mol. The fourth-order valence-corrected chi connectivity index (χ4v) is 3.11. The normalized spacial score (nSPS) is 16.4. The standard InChI is InChI=1S/C21H27NO/c1-18-11-13-22(14-12-18)15-16-23-21-9-7-20(8-10-21)17-19-5-3-2-4-6-19/h2-10,18H,11-17H2,1H3. The monoisotopic (exact) mass is 309 g/mol. The van der Waals surface area contributed by atoms with Crippen molar-refractivity contribution < 1.29 is 4.74 Å². The molecule has 1 fully saturated rings. The molecule has 0 amide bonds. The zero-order valence-corrected chi connectivity index (χ0v) is 14.1. The molecule has 2 nitrogen and oxygen atoms in total. The Kier molecular flexibility index (Phi) is 5.71. The molecule has 23 heavy (non-hydrogen) atoms. The zero-order valence-electron chi connectivity index (χ0n) is 14.1. The molecule has 0 unspecified atom stereocenters. The van der Waals surface area contributed by atoms with Crippen LogP contribution in [0.15, 0.2) is 54.6 Å². The molecule has 0 aromatic heterocycles. The molecule has 0 spiro atoms. The van der Waals surface area contributed by atoms with Gasteiger partial charge in [-0.1, -0.05) is 49.4 Å². The van der Waals surface area contributed by atoms with E-state index in [-0.39, 0.29) is 0 Å². The Labute approximate surface area is 140 Å². The molecule has 0 radical (unpaired) electrons. The van der Waals surface area contributed by atoms with Crippen molar-refractivity contribution in [3.05, 3.63) is 65.7 Å². The van der Waals surface area contributed by atoms with Crippen LogP contribution in [0, 0.1) is 5.92 Å². The highest BCUT2D eigenvalue weighted by Crippen LogP contribution is 2.17. The summed E-state index contributed by atoms with van der Waals surface area (Å²) in [6, 6.07) is 19.1. The number of benzene rings is 2. The molecule has 1 aliphatic rings. The number of hydrogen-bond acceptors (Lipinski definition) is 2. The Morgan fingerprint density at radius 1 is 0.913 bits per heavy atom. The summed E-state index contributed by atoms with van der Waals surface area (Å²) in [6.45, 7) is 6.62. The van der Waals surface area contributed by atoms with Gasteiger partial charge in [0.05, 0.1) is 0 Å². The highest BCUT2D eigenvalue weighted by Gasteiger charge is 2.14. The first-order valence-electron chi connectivity index (χ1n) is 8.77. The Balaban J connectivity index is 1.42. The van der Waals surface area contributed by atoms with Crippen LogP contribution in [0.4, 0.5) is 0 Å². The lowest BCUT2D eigenvalue weighted by Gasteiger charge is -2.29. The van der Waals surface area contributed by atoms with Crippen LogP contribution in [0.5, 0.6) is 5.75 Å². The number of rotatable bonds is 6. The zero-order chi connectivity index (χ0) is 15.9. The highest BCUT2D eigenvalue weighted by atomic mass is 16.5. The minimum atomic E-state index is 0.784. The van der Waals surface area contributed by atoms with Crippen LogP contribution in [0.2, 0.25) is 0 Å². The first-order chi connectivity index (χ1) is 11.3. The summed E-state index contributed by atoms with van der Waals surface area (Å²) in [4.78, 5) is 2.52. The number of ether oxygens (including phenoxy) is 1. The fraction of sp³-hybridized carbons (Fsp3) is 0.429. The van der Waals surface area contributed by atoms with Crippen LogP contribution in [0.25, 0.3) is 0 Å². The van der Waals surface area contributed by atoms with Crippen molar-refractivity contribution >= 4 is 0 Å². The van der Waals surface area contributed by atoms with E-state index in [1.165, 1.54) is 37.1 Å². The van der Waals surface area contributed by atoms with E-state index in [0.29, 0.717) is 0 Å². The van der Waals surface area contributed by atoms with Gasteiger partial charge in [0.1, 0.15) is 12.4 Å². The fourth-order valence-electron chi connectivity index (χ4n) is 3.11. The molecule has 0 aliphatic carbocycles. The maximum atomic E-state index is 5.90. The quantitative estimate of drug-likeness (QED) is 0.785. The maximum Gasteiger partial charge on any atom is 0.119 e. The molecule has 1 aliphatic heterocycles. The van der Waals surface area contributed by atoms with Crippen LogP contribution < -0.4 is 4.74 Å². The molecule has 3 rings (SSSR count). The second-order valence-corrected chi connectivity index (χ2v) is 6.68. The summed E-state index contributed by atoms with van der Waals surface area (Å²) < 4.78 is 5.90. The summed E-state index contributed by atoms with van der Waals surface area (Å²) >= 11 is 0. The minimum Gasteiger partial charge on any atom is -0.492 e. The van der Waals surface area contributed by atoms with Crippen LogP contribution in [-0.2, 0) is 6.42 Å². The summed E-state index contributed by atoms with van der Waals surface area (Å²) in [6.07, 6.45) is 3.63. The summed E-state index contributed by atoms with van der Waals surface area (Å²) in [5.74, 6) is 1.87. The maximum absolute atomic E-state index is 5.90. The minimum absolute atomic E-state index is 0.784. The van der Waals surface area contributed by atoms with Crippen LogP contribution in [-0.4, -0.2) is 31.1 Å². The second-order valence-electron chi connectivity index (χ2n) is 6.68. The van der Waals surface area contributed by atoms with Gasteiger partial charge in [-0.15, -0.1) is 0 Å². The number of hydrogen-bond donors (Lipinski definition) is 0. The third kappa shape index (κ3) is 5.11. The van der Waals surface area contributed by atoms with E-state index in [9.17, 15) is 0 Å². The lowest BCUT2D eigenvalue weighted by atomic mass is 9.99. The third-order valence-corrected chi connectivity index (χ3v) is 4.73. The van der Waals surface area contributed by atoms with Crippen molar-refractivity contribution in [2.45, 2.75) is 26.2 Å². The van der Waals surface area contributed by atoms with Crippen molar-refractivity contribution in [1.82, 2.24) is 4.90 Å². The molecule has 0 N–H and O–H groups in total. The Morgan fingerprint density at radius 3 is 2.26 bits per heavy atom. The SMILES string of the molecule is CC1CCN(CCOc2ccc(Cc3ccccc3)cc2)CC1. The molecular formula is C21H27NO. The third-order valence-electron chi connectivity index (χ3n) is 4.73. The molecule has 2 aromatic rings. The van der Waals surface area contributed by atoms with Crippen LogP contribution in [0.1, 0.15) is 30.9 Å². The summed E-state index contributed by atoms with van der Waals surface area (Å²) in [5.41, 5.74) is 2.68. The van der Waals surface area contributed by atoms with Gasteiger partial charge in [0.2, 0.25) is 0 Å². The van der Waals surface area contributed by atoms with Crippen molar-refractivity contribution in [2.24, 2.45) is 5.92 Å². The van der Waals surface area contributed by atoms with Gasteiger partial charge in [-0.25, -0.2) is 0 Å². The lowest BCUT2D eigenvalue weighted by molar-refractivity contribution is 0.160. The van der Waals surface area contributed by atoms with Crippen molar-refractivity contribution in [1.29, 1.82) is 0 Å². The van der Waals surface area contributed by atoms with Gasteiger partial charge in [-0.05, 0) is 61.5 Å². The highest BCUT2D eigenvalue weighted by molar-refractivity contribution is 5.31. The van der Waals surface area contributed by atoms with E-state index in [0.717, 1.165) is 31.2 Å². The Morgan fingerprint density at radius 2 is 1.57 bits per heavy atom. The van der Waals surface area contributed by atoms with E-state index in [2.05, 4.69) is 66.4 Å². The van der Waals surface area contributed by atoms with Crippen molar-refractivity contribution in [3.63, 3.8) is 0 Å². The predicted octanol–water partition coefficient (Wildman–Crippen LogP) is 4.39. The molecule has 0 bridgehead atoms.